The van der Waals surface area contributed by atoms with Crippen LogP contribution in [0.3, 0.4) is 0 Å². The van der Waals surface area contributed by atoms with E-state index in [0.717, 1.165) is 11.1 Å². The minimum absolute atomic E-state index is 0.0786. The van der Waals surface area contributed by atoms with Crippen LogP contribution < -0.4 is 0 Å². The van der Waals surface area contributed by atoms with E-state index >= 15 is 0 Å². The van der Waals surface area contributed by atoms with Gasteiger partial charge in [-0.1, -0.05) is 51.1 Å². The van der Waals surface area contributed by atoms with E-state index in [-0.39, 0.29) is 29.5 Å². The van der Waals surface area contributed by atoms with Gasteiger partial charge in [0.1, 0.15) is 0 Å². The molecule has 3 rings (SSSR count). The number of hydrogen-bond acceptors (Lipinski definition) is 4. The number of rotatable bonds is 4. The first kappa shape index (κ1) is 19.6. The molecule has 0 spiro atoms. The fourth-order valence-electron chi connectivity index (χ4n) is 3.37. The van der Waals surface area contributed by atoms with Crippen LogP contribution in [-0.2, 0) is 20.1 Å². The summed E-state index contributed by atoms with van der Waals surface area (Å²) in [6.45, 7) is 6.49. The fraction of sp³-hybridized carbons (Fsp3) is 0.381. The Balaban J connectivity index is 2.05. The van der Waals surface area contributed by atoms with E-state index in [1.807, 2.05) is 12.1 Å². The third kappa shape index (κ3) is 3.92. The molecule has 0 aliphatic carbocycles. The molecule has 1 amide bonds. The molecule has 1 heterocycles. The molecular weight excluding hydrogens is 362 g/mol. The normalized spacial score (nSPS) is 17.7. The van der Waals surface area contributed by atoms with E-state index in [1.54, 1.807) is 36.4 Å². The molecule has 1 atom stereocenters. The molecule has 1 aliphatic heterocycles. The Morgan fingerprint density at radius 2 is 1.78 bits per heavy atom. The quantitative estimate of drug-likeness (QED) is 0.805. The van der Waals surface area contributed by atoms with Gasteiger partial charge in [-0.05, 0) is 34.7 Å². The van der Waals surface area contributed by atoms with Crippen molar-refractivity contribution in [3.05, 3.63) is 65.2 Å². The van der Waals surface area contributed by atoms with Crippen LogP contribution in [0.15, 0.2) is 53.4 Å². The topological polar surface area (TPSA) is 63.7 Å². The van der Waals surface area contributed by atoms with Crippen LogP contribution >= 0.6 is 0 Å². The van der Waals surface area contributed by atoms with Gasteiger partial charge < -0.3 is 0 Å². The molecule has 5 nitrogen and oxygen atoms in total. The number of amides is 1. The van der Waals surface area contributed by atoms with Gasteiger partial charge in [-0.3, -0.25) is 9.63 Å². The van der Waals surface area contributed by atoms with Crippen LogP contribution in [0.5, 0.6) is 0 Å². The lowest BCUT2D eigenvalue weighted by atomic mass is 9.82. The number of fused-ring (bicyclic) bond motifs is 1. The first-order chi connectivity index (χ1) is 12.6. The summed E-state index contributed by atoms with van der Waals surface area (Å²) in [5.74, 6) is -0.670. The summed E-state index contributed by atoms with van der Waals surface area (Å²) in [5, 5.41) is 1.24. The molecule has 6 heteroatoms. The maximum absolute atomic E-state index is 12.9. The van der Waals surface area contributed by atoms with Gasteiger partial charge in [0.2, 0.25) is 0 Å². The summed E-state index contributed by atoms with van der Waals surface area (Å²) in [7, 11) is -2.07. The van der Waals surface area contributed by atoms with Crippen molar-refractivity contribution in [3.8, 4) is 0 Å². The Bertz CT molecular complexity index is 946. The first-order valence-corrected chi connectivity index (χ1v) is 10.6. The fourth-order valence-corrected chi connectivity index (χ4v) is 4.95. The molecule has 0 fully saturated rings. The predicted octanol–water partition coefficient (Wildman–Crippen LogP) is 3.56. The van der Waals surface area contributed by atoms with Crippen LogP contribution in [0.25, 0.3) is 0 Å². The smallest absolute Gasteiger partial charge is 0.274 e. The minimum atomic E-state index is -3.49. The van der Waals surface area contributed by atoms with Crippen molar-refractivity contribution in [2.75, 3.05) is 19.4 Å². The molecule has 0 aromatic heterocycles. The molecule has 0 N–H and O–H groups in total. The SMILES string of the molecule is CON1CC(CS(=O)(=O)c2ccccc2)c2cc(C(C)(C)C)ccc2C1=O. The van der Waals surface area contributed by atoms with Crippen LogP contribution in [0.2, 0.25) is 0 Å². The zero-order valence-electron chi connectivity index (χ0n) is 16.1. The number of hydrogen-bond donors (Lipinski definition) is 0. The van der Waals surface area contributed by atoms with Gasteiger partial charge in [-0.15, -0.1) is 0 Å². The molecular formula is C21H25NO4S. The Morgan fingerprint density at radius 3 is 2.37 bits per heavy atom. The van der Waals surface area contributed by atoms with Crippen molar-refractivity contribution >= 4 is 15.7 Å². The van der Waals surface area contributed by atoms with Crippen molar-refractivity contribution in [3.63, 3.8) is 0 Å². The summed E-state index contributed by atoms with van der Waals surface area (Å²) in [4.78, 5) is 18.1. The lowest BCUT2D eigenvalue weighted by Gasteiger charge is -2.33. The predicted molar refractivity (Wildman–Crippen MR) is 104 cm³/mol. The van der Waals surface area contributed by atoms with Crippen molar-refractivity contribution in [1.82, 2.24) is 5.06 Å². The summed E-state index contributed by atoms with van der Waals surface area (Å²) >= 11 is 0. The average Bonchev–Trinajstić information content (AvgIpc) is 2.63. The van der Waals surface area contributed by atoms with Crippen LogP contribution in [0, 0.1) is 0 Å². The number of carbonyl (C=O) groups excluding carboxylic acids is 1. The molecule has 27 heavy (non-hydrogen) atoms. The summed E-state index contributed by atoms with van der Waals surface area (Å²) in [5.41, 5.74) is 2.26. The molecule has 2 aromatic rings. The van der Waals surface area contributed by atoms with Gasteiger partial charge in [0, 0.05) is 11.5 Å². The Hall–Kier alpha value is -2.18. The number of carbonyl (C=O) groups is 1. The molecule has 144 valence electrons. The highest BCUT2D eigenvalue weighted by atomic mass is 32.2. The van der Waals surface area contributed by atoms with Gasteiger partial charge in [-0.2, -0.15) is 0 Å². The number of hydroxylamine groups is 2. The van der Waals surface area contributed by atoms with Gasteiger partial charge >= 0.3 is 0 Å². The van der Waals surface area contributed by atoms with Crippen LogP contribution in [0.4, 0.5) is 0 Å². The molecule has 0 saturated carbocycles. The van der Waals surface area contributed by atoms with Gasteiger partial charge in [0.15, 0.2) is 9.84 Å². The number of benzene rings is 2. The van der Waals surface area contributed by atoms with Crippen molar-refractivity contribution in [2.24, 2.45) is 0 Å². The highest BCUT2D eigenvalue weighted by Gasteiger charge is 2.35. The van der Waals surface area contributed by atoms with Crippen molar-refractivity contribution < 1.29 is 18.0 Å². The second-order valence-corrected chi connectivity index (χ2v) is 9.93. The van der Waals surface area contributed by atoms with Crippen LogP contribution in [-0.4, -0.2) is 38.8 Å². The lowest BCUT2D eigenvalue weighted by molar-refractivity contribution is -0.100. The van der Waals surface area contributed by atoms with Crippen LogP contribution in [0.1, 0.15) is 48.2 Å². The van der Waals surface area contributed by atoms with E-state index in [1.165, 1.54) is 12.2 Å². The van der Waals surface area contributed by atoms with E-state index in [2.05, 4.69) is 20.8 Å². The molecule has 1 unspecified atom stereocenters. The molecule has 2 aromatic carbocycles. The Morgan fingerprint density at radius 1 is 1.11 bits per heavy atom. The Kier molecular flexibility index (Phi) is 5.14. The number of nitrogens with zero attached hydrogens (tertiary/aromatic N) is 1. The third-order valence-electron chi connectivity index (χ3n) is 4.94. The monoisotopic (exact) mass is 387 g/mol. The second-order valence-electron chi connectivity index (χ2n) is 7.89. The largest absolute Gasteiger partial charge is 0.277 e. The molecule has 1 aliphatic rings. The third-order valence-corrected chi connectivity index (χ3v) is 6.78. The zero-order chi connectivity index (χ0) is 19.8. The highest BCUT2D eigenvalue weighted by Crippen LogP contribution is 2.34. The maximum atomic E-state index is 12.9. The lowest BCUT2D eigenvalue weighted by Crippen LogP contribution is -2.41. The minimum Gasteiger partial charge on any atom is -0.274 e. The van der Waals surface area contributed by atoms with Crippen molar-refractivity contribution in [2.45, 2.75) is 37.0 Å². The van der Waals surface area contributed by atoms with Crippen molar-refractivity contribution in [1.29, 1.82) is 0 Å². The average molecular weight is 388 g/mol. The molecule has 0 radical (unpaired) electrons. The summed E-state index contributed by atoms with van der Waals surface area (Å²) in [6, 6.07) is 14.1. The standard InChI is InChI=1S/C21H25NO4S/c1-21(2,3)16-10-11-18-19(12-16)15(13-22(26-4)20(18)23)14-27(24,25)17-8-6-5-7-9-17/h5-12,15H,13-14H2,1-4H3. The molecule has 0 bridgehead atoms. The van der Waals surface area contributed by atoms with Gasteiger partial charge in [0.25, 0.3) is 5.91 Å². The summed E-state index contributed by atoms with van der Waals surface area (Å²) < 4.78 is 25.8. The van der Waals surface area contributed by atoms with Gasteiger partial charge in [-0.25, -0.2) is 13.5 Å². The molecule has 0 saturated heterocycles. The van der Waals surface area contributed by atoms with E-state index in [9.17, 15) is 13.2 Å². The maximum Gasteiger partial charge on any atom is 0.277 e. The van der Waals surface area contributed by atoms with E-state index in [0.29, 0.717) is 10.5 Å². The second kappa shape index (κ2) is 7.09. The van der Waals surface area contributed by atoms with E-state index < -0.39 is 9.84 Å². The summed E-state index contributed by atoms with van der Waals surface area (Å²) in [6.07, 6.45) is 0. The number of sulfone groups is 1. The van der Waals surface area contributed by atoms with Gasteiger partial charge in [0.05, 0.1) is 24.3 Å². The van der Waals surface area contributed by atoms with E-state index in [4.69, 9.17) is 4.84 Å². The Labute approximate surface area is 160 Å². The zero-order valence-corrected chi connectivity index (χ0v) is 16.9. The first-order valence-electron chi connectivity index (χ1n) is 8.91. The highest BCUT2D eigenvalue weighted by molar-refractivity contribution is 7.91.